The number of urea groups is 1. The van der Waals surface area contributed by atoms with Gasteiger partial charge in [-0.2, -0.15) is 0 Å². The number of nitrogens with zero attached hydrogens (tertiary/aromatic N) is 2. The van der Waals surface area contributed by atoms with Crippen molar-refractivity contribution in [3.63, 3.8) is 0 Å². The summed E-state index contributed by atoms with van der Waals surface area (Å²) in [5.41, 5.74) is 1.35. The van der Waals surface area contributed by atoms with Crippen molar-refractivity contribution in [2.45, 2.75) is 13.0 Å². The standard InChI is InChI=1S/C26H31ClN4O5/c1-34-23-15-18-14-19(25(32)28-22(18)16-24(23)35-2)17-31(9-5-8-30-10-12-36-13-11-30)26(33)29-21-7-4-3-6-20(21)27/h3-4,6-7,14-16H,5,8-13,17H2,1-2H3,(H,28,32)(H,29,33). The zero-order valence-electron chi connectivity index (χ0n) is 20.5. The highest BCUT2D eigenvalue weighted by Gasteiger charge is 2.19. The van der Waals surface area contributed by atoms with Gasteiger partial charge in [-0.3, -0.25) is 9.69 Å². The molecule has 0 bridgehead atoms. The number of carbonyl (C=O) groups excluding carboxylic acids is 1. The predicted molar refractivity (Wildman–Crippen MR) is 140 cm³/mol. The summed E-state index contributed by atoms with van der Waals surface area (Å²) >= 11 is 6.25. The van der Waals surface area contributed by atoms with Crippen molar-refractivity contribution >= 4 is 34.2 Å². The minimum Gasteiger partial charge on any atom is -0.493 e. The highest BCUT2D eigenvalue weighted by Crippen LogP contribution is 2.31. The molecular weight excluding hydrogens is 484 g/mol. The fourth-order valence-electron chi connectivity index (χ4n) is 4.22. The molecule has 2 amide bonds. The molecule has 2 N–H and O–H groups in total. The van der Waals surface area contributed by atoms with Gasteiger partial charge in [0.15, 0.2) is 11.5 Å². The first-order valence-electron chi connectivity index (χ1n) is 11.9. The van der Waals surface area contributed by atoms with E-state index in [0.29, 0.717) is 39.8 Å². The van der Waals surface area contributed by atoms with E-state index < -0.39 is 0 Å². The van der Waals surface area contributed by atoms with Crippen LogP contribution in [0, 0.1) is 0 Å². The number of hydrogen-bond donors (Lipinski definition) is 2. The molecule has 1 aliphatic heterocycles. The summed E-state index contributed by atoms with van der Waals surface area (Å²) in [4.78, 5) is 33.1. The normalized spacial score (nSPS) is 14.0. The highest BCUT2D eigenvalue weighted by atomic mass is 35.5. The second kappa shape index (κ2) is 12.1. The smallest absolute Gasteiger partial charge is 0.322 e. The van der Waals surface area contributed by atoms with Gasteiger partial charge in [0, 0.05) is 43.2 Å². The van der Waals surface area contributed by atoms with E-state index in [9.17, 15) is 9.59 Å². The number of H-pyrrole nitrogens is 1. The van der Waals surface area contributed by atoms with Crippen LogP contribution in [0.1, 0.15) is 12.0 Å². The number of anilines is 1. The Labute approximate surface area is 214 Å². The lowest BCUT2D eigenvalue weighted by molar-refractivity contribution is 0.0365. The van der Waals surface area contributed by atoms with Gasteiger partial charge in [0.1, 0.15) is 0 Å². The van der Waals surface area contributed by atoms with Crippen LogP contribution in [0.25, 0.3) is 10.9 Å². The third-order valence-electron chi connectivity index (χ3n) is 6.20. The van der Waals surface area contributed by atoms with E-state index in [-0.39, 0.29) is 18.1 Å². The van der Waals surface area contributed by atoms with Crippen molar-refractivity contribution in [3.8, 4) is 11.5 Å². The molecule has 9 nitrogen and oxygen atoms in total. The summed E-state index contributed by atoms with van der Waals surface area (Å²) in [7, 11) is 3.11. The Morgan fingerprint density at radius 1 is 1.14 bits per heavy atom. The van der Waals surface area contributed by atoms with E-state index in [1.54, 1.807) is 61.6 Å². The van der Waals surface area contributed by atoms with Crippen molar-refractivity contribution in [2.75, 3.05) is 58.9 Å². The lowest BCUT2D eigenvalue weighted by Gasteiger charge is -2.28. The average molecular weight is 515 g/mol. The Hall–Kier alpha value is -3.27. The number of aromatic amines is 1. The number of para-hydroxylation sites is 1. The summed E-state index contributed by atoms with van der Waals surface area (Å²) in [5, 5.41) is 4.11. The maximum Gasteiger partial charge on any atom is 0.322 e. The van der Waals surface area contributed by atoms with Gasteiger partial charge in [-0.1, -0.05) is 23.7 Å². The molecule has 36 heavy (non-hydrogen) atoms. The molecule has 192 valence electrons. The second-order valence-corrected chi connectivity index (χ2v) is 8.96. The van der Waals surface area contributed by atoms with E-state index >= 15 is 0 Å². The second-order valence-electron chi connectivity index (χ2n) is 8.56. The van der Waals surface area contributed by atoms with E-state index in [2.05, 4.69) is 15.2 Å². The Bertz CT molecular complexity index is 1260. The van der Waals surface area contributed by atoms with Gasteiger partial charge in [0.2, 0.25) is 0 Å². The number of aromatic nitrogens is 1. The van der Waals surface area contributed by atoms with Gasteiger partial charge in [-0.25, -0.2) is 4.79 Å². The summed E-state index contributed by atoms with van der Waals surface area (Å²) in [5.74, 6) is 1.08. The first kappa shape index (κ1) is 25.8. The van der Waals surface area contributed by atoms with Crippen molar-refractivity contribution in [3.05, 3.63) is 63.4 Å². The third kappa shape index (κ3) is 6.29. The van der Waals surface area contributed by atoms with E-state index in [4.69, 9.17) is 25.8 Å². The number of hydrogen-bond acceptors (Lipinski definition) is 6. The van der Waals surface area contributed by atoms with Crippen LogP contribution in [0.4, 0.5) is 10.5 Å². The molecule has 2 heterocycles. The van der Waals surface area contributed by atoms with Gasteiger partial charge < -0.3 is 29.4 Å². The molecule has 10 heteroatoms. The zero-order valence-corrected chi connectivity index (χ0v) is 21.3. The maximum atomic E-state index is 13.3. The molecule has 0 aliphatic carbocycles. The number of morpholine rings is 1. The van der Waals surface area contributed by atoms with Gasteiger partial charge in [-0.15, -0.1) is 0 Å². The fourth-order valence-corrected chi connectivity index (χ4v) is 4.40. The topological polar surface area (TPSA) is 96.1 Å². The Balaban J connectivity index is 1.56. The molecule has 4 rings (SSSR count). The Morgan fingerprint density at radius 2 is 1.86 bits per heavy atom. The number of halogens is 1. The molecular formula is C26H31ClN4O5. The molecule has 1 aromatic heterocycles. The number of rotatable bonds is 9. The largest absolute Gasteiger partial charge is 0.493 e. The lowest BCUT2D eigenvalue weighted by Crippen LogP contribution is -2.40. The van der Waals surface area contributed by atoms with Crippen molar-refractivity contribution < 1.29 is 19.0 Å². The predicted octanol–water partition coefficient (Wildman–Crippen LogP) is 3.96. The minimum absolute atomic E-state index is 0.138. The quantitative estimate of drug-likeness (QED) is 0.449. The van der Waals surface area contributed by atoms with Gasteiger partial charge in [0.25, 0.3) is 5.56 Å². The number of benzene rings is 2. The Morgan fingerprint density at radius 3 is 2.58 bits per heavy atom. The lowest BCUT2D eigenvalue weighted by atomic mass is 10.1. The van der Waals surface area contributed by atoms with Crippen LogP contribution in [0.5, 0.6) is 11.5 Å². The van der Waals surface area contributed by atoms with Crippen LogP contribution in [-0.4, -0.2) is 74.4 Å². The summed E-state index contributed by atoms with van der Waals surface area (Å²) < 4.78 is 16.2. The number of ether oxygens (including phenoxy) is 3. The van der Waals surface area contributed by atoms with E-state index in [1.165, 1.54) is 0 Å². The molecule has 0 atom stereocenters. The number of carbonyl (C=O) groups is 1. The average Bonchev–Trinajstić information content (AvgIpc) is 2.89. The summed E-state index contributed by atoms with van der Waals surface area (Å²) in [6.45, 7) is 4.64. The molecule has 3 aromatic rings. The van der Waals surface area contributed by atoms with Crippen molar-refractivity contribution in [1.29, 1.82) is 0 Å². The molecule has 1 saturated heterocycles. The third-order valence-corrected chi connectivity index (χ3v) is 6.52. The van der Waals surface area contributed by atoms with Crippen LogP contribution in [0.2, 0.25) is 5.02 Å². The minimum atomic E-state index is -0.322. The number of methoxy groups -OCH3 is 2. The first-order valence-corrected chi connectivity index (χ1v) is 12.2. The molecule has 1 fully saturated rings. The molecule has 1 aliphatic rings. The van der Waals surface area contributed by atoms with Gasteiger partial charge in [0.05, 0.1) is 50.2 Å². The molecule has 0 saturated carbocycles. The van der Waals surface area contributed by atoms with E-state index in [0.717, 1.165) is 44.7 Å². The van der Waals surface area contributed by atoms with Crippen LogP contribution in [0.3, 0.4) is 0 Å². The van der Waals surface area contributed by atoms with Gasteiger partial charge >= 0.3 is 6.03 Å². The zero-order chi connectivity index (χ0) is 25.5. The number of pyridine rings is 1. The van der Waals surface area contributed by atoms with Crippen LogP contribution < -0.4 is 20.3 Å². The summed E-state index contributed by atoms with van der Waals surface area (Å²) in [6, 6.07) is 12.1. The summed E-state index contributed by atoms with van der Waals surface area (Å²) in [6.07, 6.45) is 0.756. The monoisotopic (exact) mass is 514 g/mol. The molecule has 0 radical (unpaired) electrons. The molecule has 2 aromatic carbocycles. The van der Waals surface area contributed by atoms with Crippen molar-refractivity contribution in [2.24, 2.45) is 0 Å². The Kier molecular flexibility index (Phi) is 8.69. The SMILES string of the molecule is COc1cc2cc(CN(CCCN3CCOCC3)C(=O)Nc3ccccc3Cl)c(=O)[nH]c2cc1OC. The first-order chi connectivity index (χ1) is 17.5. The van der Waals surface area contributed by atoms with Crippen LogP contribution in [-0.2, 0) is 11.3 Å². The number of amides is 2. The van der Waals surface area contributed by atoms with E-state index in [1.807, 2.05) is 0 Å². The van der Waals surface area contributed by atoms with Crippen molar-refractivity contribution in [1.82, 2.24) is 14.8 Å². The molecule has 0 unspecified atom stereocenters. The number of nitrogens with one attached hydrogen (secondary N) is 2. The fraction of sp³-hybridized carbons (Fsp3) is 0.385. The number of fused-ring (bicyclic) bond motifs is 1. The maximum absolute atomic E-state index is 13.3. The highest BCUT2D eigenvalue weighted by molar-refractivity contribution is 6.33. The van der Waals surface area contributed by atoms with Crippen LogP contribution >= 0.6 is 11.6 Å². The van der Waals surface area contributed by atoms with Gasteiger partial charge in [-0.05, 0) is 30.7 Å². The molecule has 0 spiro atoms. The van der Waals surface area contributed by atoms with Crippen LogP contribution in [0.15, 0.2) is 47.3 Å².